The molecule has 18 heavy (non-hydrogen) atoms. The smallest absolute Gasteiger partial charge is 0.251 e. The van der Waals surface area contributed by atoms with Crippen LogP contribution in [-0.4, -0.2) is 24.4 Å². The number of ether oxygens (including phenoxy) is 1. The monoisotopic (exact) mass is 313 g/mol. The van der Waals surface area contributed by atoms with Gasteiger partial charge in [0, 0.05) is 16.9 Å². The van der Waals surface area contributed by atoms with Gasteiger partial charge in [0.1, 0.15) is 5.75 Å². The second-order valence-corrected chi connectivity index (χ2v) is 5.31. The fourth-order valence-corrected chi connectivity index (χ4v) is 2.51. The Morgan fingerprint density at radius 3 is 2.61 bits per heavy atom. The molecule has 1 N–H and O–H groups in total. The van der Waals surface area contributed by atoms with Crippen molar-refractivity contribution in [2.24, 2.45) is 5.92 Å². The van der Waals surface area contributed by atoms with E-state index in [-0.39, 0.29) is 11.9 Å². The largest absolute Gasteiger partial charge is 0.496 e. The minimum absolute atomic E-state index is 0.0635. The highest BCUT2D eigenvalue weighted by Crippen LogP contribution is 2.19. The molecule has 100 valence electrons. The molecule has 1 amide bonds. The summed E-state index contributed by atoms with van der Waals surface area (Å²) in [6.45, 7) is 6.12. The highest BCUT2D eigenvalue weighted by molar-refractivity contribution is 9.09. The minimum Gasteiger partial charge on any atom is -0.496 e. The second-order valence-electron chi connectivity index (χ2n) is 4.66. The first-order valence-electron chi connectivity index (χ1n) is 6.01. The van der Waals surface area contributed by atoms with E-state index in [9.17, 15) is 4.79 Å². The molecule has 0 aliphatic heterocycles. The highest BCUT2D eigenvalue weighted by atomic mass is 79.9. The van der Waals surface area contributed by atoms with E-state index < -0.39 is 0 Å². The van der Waals surface area contributed by atoms with Crippen molar-refractivity contribution in [1.82, 2.24) is 5.32 Å². The molecule has 0 aromatic heterocycles. The Bertz CT molecular complexity index is 418. The van der Waals surface area contributed by atoms with Gasteiger partial charge in [-0.3, -0.25) is 4.79 Å². The van der Waals surface area contributed by atoms with Crippen LogP contribution >= 0.6 is 15.9 Å². The number of halogens is 1. The molecule has 0 heterocycles. The van der Waals surface area contributed by atoms with Crippen LogP contribution in [0.15, 0.2) is 18.2 Å². The zero-order valence-corrected chi connectivity index (χ0v) is 12.9. The van der Waals surface area contributed by atoms with Crippen molar-refractivity contribution in [3.8, 4) is 5.75 Å². The van der Waals surface area contributed by atoms with Crippen LogP contribution in [0, 0.1) is 12.8 Å². The molecule has 1 atom stereocenters. The molecule has 0 aliphatic rings. The van der Waals surface area contributed by atoms with Crippen LogP contribution in [0.4, 0.5) is 0 Å². The van der Waals surface area contributed by atoms with Crippen molar-refractivity contribution in [2.75, 3.05) is 12.4 Å². The molecule has 0 bridgehead atoms. The van der Waals surface area contributed by atoms with Gasteiger partial charge in [0.25, 0.3) is 5.91 Å². The van der Waals surface area contributed by atoms with Crippen LogP contribution in [0.3, 0.4) is 0 Å². The van der Waals surface area contributed by atoms with Crippen LogP contribution in [0.2, 0.25) is 0 Å². The molecule has 0 saturated carbocycles. The first-order chi connectivity index (χ1) is 8.49. The summed E-state index contributed by atoms with van der Waals surface area (Å²) in [5.74, 6) is 1.06. The van der Waals surface area contributed by atoms with Gasteiger partial charge in [-0.15, -0.1) is 0 Å². The van der Waals surface area contributed by atoms with Gasteiger partial charge in [0.2, 0.25) is 0 Å². The van der Waals surface area contributed by atoms with Crippen molar-refractivity contribution in [3.63, 3.8) is 0 Å². The normalized spacial score (nSPS) is 12.3. The predicted octanol–water partition coefficient (Wildman–Crippen LogP) is 3.15. The molecule has 0 spiro atoms. The van der Waals surface area contributed by atoms with E-state index in [1.165, 1.54) is 0 Å². The predicted molar refractivity (Wildman–Crippen MR) is 77.6 cm³/mol. The number of carbonyl (C=O) groups excluding carboxylic acids is 1. The van der Waals surface area contributed by atoms with Gasteiger partial charge in [-0.05, 0) is 30.5 Å². The first-order valence-corrected chi connectivity index (χ1v) is 7.13. The summed E-state index contributed by atoms with van der Waals surface area (Å²) >= 11 is 3.42. The molecule has 0 saturated heterocycles. The van der Waals surface area contributed by atoms with E-state index in [2.05, 4.69) is 35.1 Å². The fraction of sp³-hybridized carbons (Fsp3) is 0.500. The van der Waals surface area contributed by atoms with E-state index in [1.54, 1.807) is 13.2 Å². The Labute approximate surface area is 117 Å². The average Bonchev–Trinajstić information content (AvgIpc) is 2.35. The van der Waals surface area contributed by atoms with Gasteiger partial charge in [-0.1, -0.05) is 35.8 Å². The first kappa shape index (κ1) is 15.0. The summed E-state index contributed by atoms with van der Waals surface area (Å²) < 4.78 is 5.23. The van der Waals surface area contributed by atoms with E-state index in [1.807, 2.05) is 19.1 Å². The zero-order chi connectivity index (χ0) is 13.7. The van der Waals surface area contributed by atoms with Crippen molar-refractivity contribution in [1.29, 1.82) is 0 Å². The van der Waals surface area contributed by atoms with Crippen molar-refractivity contribution >= 4 is 21.8 Å². The molecular weight excluding hydrogens is 294 g/mol. The summed E-state index contributed by atoms with van der Waals surface area (Å²) in [6.07, 6.45) is 0. The summed E-state index contributed by atoms with van der Waals surface area (Å²) in [5.41, 5.74) is 1.65. The third-order valence-corrected chi connectivity index (χ3v) is 3.66. The van der Waals surface area contributed by atoms with E-state index >= 15 is 0 Å². The summed E-state index contributed by atoms with van der Waals surface area (Å²) in [6, 6.07) is 5.62. The van der Waals surface area contributed by atoms with Gasteiger partial charge >= 0.3 is 0 Å². The summed E-state index contributed by atoms with van der Waals surface area (Å²) in [7, 11) is 1.61. The number of aryl methyl sites for hydroxylation is 1. The Balaban J connectivity index is 2.84. The molecule has 0 fully saturated rings. The maximum atomic E-state index is 12.1. The molecular formula is C14H20BrNO2. The topological polar surface area (TPSA) is 38.3 Å². The zero-order valence-electron chi connectivity index (χ0n) is 11.3. The lowest BCUT2D eigenvalue weighted by Gasteiger charge is -2.20. The molecule has 0 radical (unpaired) electrons. The number of nitrogens with one attached hydrogen (secondary N) is 1. The molecule has 1 unspecified atom stereocenters. The number of carbonyl (C=O) groups is 1. The number of methoxy groups -OCH3 is 1. The van der Waals surface area contributed by atoms with E-state index in [0.29, 0.717) is 11.5 Å². The summed E-state index contributed by atoms with van der Waals surface area (Å²) in [4.78, 5) is 12.1. The van der Waals surface area contributed by atoms with Gasteiger partial charge in [0.15, 0.2) is 0 Å². The molecule has 1 aromatic rings. The average molecular weight is 314 g/mol. The van der Waals surface area contributed by atoms with Crippen molar-refractivity contribution < 1.29 is 9.53 Å². The van der Waals surface area contributed by atoms with Crippen LogP contribution in [-0.2, 0) is 0 Å². The van der Waals surface area contributed by atoms with Crippen LogP contribution in [0.5, 0.6) is 5.75 Å². The number of rotatable bonds is 5. The number of hydrogen-bond acceptors (Lipinski definition) is 2. The van der Waals surface area contributed by atoms with Gasteiger partial charge in [0.05, 0.1) is 7.11 Å². The van der Waals surface area contributed by atoms with Crippen molar-refractivity contribution in [2.45, 2.75) is 26.8 Å². The van der Waals surface area contributed by atoms with Crippen LogP contribution < -0.4 is 10.1 Å². The third-order valence-electron chi connectivity index (χ3n) is 2.96. The van der Waals surface area contributed by atoms with Gasteiger partial charge in [-0.25, -0.2) is 0 Å². The SMILES string of the molecule is COc1cc(C(=O)NC(CBr)C(C)C)ccc1C. The van der Waals surface area contributed by atoms with Crippen molar-refractivity contribution in [3.05, 3.63) is 29.3 Å². The fourth-order valence-electron chi connectivity index (χ4n) is 1.60. The highest BCUT2D eigenvalue weighted by Gasteiger charge is 2.16. The van der Waals surface area contributed by atoms with Gasteiger partial charge < -0.3 is 10.1 Å². The maximum absolute atomic E-state index is 12.1. The van der Waals surface area contributed by atoms with Crippen LogP contribution in [0.25, 0.3) is 0 Å². The summed E-state index contributed by atoms with van der Waals surface area (Å²) in [5, 5.41) is 3.76. The quantitative estimate of drug-likeness (QED) is 0.848. The molecule has 0 aliphatic carbocycles. The lowest BCUT2D eigenvalue weighted by atomic mass is 10.1. The standard InChI is InChI=1S/C14H20BrNO2/c1-9(2)12(8-15)16-14(17)11-6-5-10(3)13(7-11)18-4/h5-7,9,12H,8H2,1-4H3,(H,16,17). The molecule has 1 rings (SSSR count). The number of alkyl halides is 1. The van der Waals surface area contributed by atoms with Gasteiger partial charge in [-0.2, -0.15) is 0 Å². The number of hydrogen-bond donors (Lipinski definition) is 1. The minimum atomic E-state index is -0.0635. The van der Waals surface area contributed by atoms with E-state index in [4.69, 9.17) is 4.74 Å². The Hall–Kier alpha value is -1.03. The number of amides is 1. The molecule has 4 heteroatoms. The Kier molecular flexibility index (Phi) is 5.66. The molecule has 1 aromatic carbocycles. The lowest BCUT2D eigenvalue weighted by Crippen LogP contribution is -2.39. The molecule has 3 nitrogen and oxygen atoms in total. The number of benzene rings is 1. The van der Waals surface area contributed by atoms with E-state index in [0.717, 1.165) is 16.6 Å². The Morgan fingerprint density at radius 2 is 2.11 bits per heavy atom. The maximum Gasteiger partial charge on any atom is 0.251 e. The Morgan fingerprint density at radius 1 is 1.44 bits per heavy atom. The lowest BCUT2D eigenvalue weighted by molar-refractivity contribution is 0.0931. The second kappa shape index (κ2) is 6.78. The third kappa shape index (κ3) is 3.73. The van der Waals surface area contributed by atoms with Crippen LogP contribution in [0.1, 0.15) is 29.8 Å².